The fourth-order valence-electron chi connectivity index (χ4n) is 3.21. The minimum atomic E-state index is -3.69. The quantitative estimate of drug-likeness (QED) is 0.115. The van der Waals surface area contributed by atoms with Gasteiger partial charge in [-0.25, -0.2) is 9.59 Å². The van der Waals surface area contributed by atoms with E-state index in [9.17, 15) is 18.9 Å². The largest absolute Gasteiger partial charge is 0.466 e. The molecule has 0 heterocycles. The van der Waals surface area contributed by atoms with Crippen LogP contribution in [0.2, 0.25) is 0 Å². The molecule has 0 bridgehead atoms. The zero-order valence-electron chi connectivity index (χ0n) is 24.3. The summed E-state index contributed by atoms with van der Waals surface area (Å²) >= 11 is 0. The second-order valence-corrected chi connectivity index (χ2v) is 12.3. The molecule has 2 N–H and O–H groups in total. The molecule has 0 aliphatic rings. The van der Waals surface area contributed by atoms with E-state index in [4.69, 9.17) is 23.3 Å². The number of aliphatic imine (C=N–C) groups is 1. The van der Waals surface area contributed by atoms with Gasteiger partial charge in [0.05, 0.1) is 31.9 Å². The van der Waals surface area contributed by atoms with Gasteiger partial charge in [-0.2, -0.15) is 0 Å². The number of rotatable bonds is 10. The molecule has 0 saturated carbocycles. The molecule has 220 valence electrons. The lowest BCUT2D eigenvalue weighted by molar-refractivity contribution is -0.144. The first-order chi connectivity index (χ1) is 18.0. The molecule has 1 unspecified atom stereocenters. The summed E-state index contributed by atoms with van der Waals surface area (Å²) in [5, 5.41) is 5.27. The number of hydrogen-bond acceptors (Lipinski definition) is 9. The van der Waals surface area contributed by atoms with Crippen molar-refractivity contribution in [1.29, 1.82) is 0 Å². The number of carbonyl (C=O) groups is 3. The lowest BCUT2D eigenvalue weighted by Gasteiger charge is -2.25. The molecule has 12 nitrogen and oxygen atoms in total. The van der Waals surface area contributed by atoms with Crippen LogP contribution in [-0.2, 0) is 32.6 Å². The van der Waals surface area contributed by atoms with Crippen molar-refractivity contribution in [2.45, 2.75) is 79.4 Å². The number of ether oxygens (including phenoxy) is 3. The van der Waals surface area contributed by atoms with E-state index in [1.807, 2.05) is 0 Å². The minimum Gasteiger partial charge on any atom is -0.466 e. The summed E-state index contributed by atoms with van der Waals surface area (Å²) in [5.74, 6) is -2.05. The van der Waals surface area contributed by atoms with Crippen molar-refractivity contribution in [3.05, 3.63) is 29.8 Å². The van der Waals surface area contributed by atoms with Crippen molar-refractivity contribution in [2.24, 2.45) is 4.99 Å². The molecular weight excluding hydrogens is 529 g/mol. The van der Waals surface area contributed by atoms with Gasteiger partial charge in [0.1, 0.15) is 11.2 Å². The van der Waals surface area contributed by atoms with Crippen LogP contribution >= 0.6 is 7.60 Å². The van der Waals surface area contributed by atoms with E-state index in [0.717, 1.165) is 0 Å². The molecule has 39 heavy (non-hydrogen) atoms. The van der Waals surface area contributed by atoms with Crippen LogP contribution in [0.3, 0.4) is 0 Å². The zero-order chi connectivity index (χ0) is 29.9. The van der Waals surface area contributed by atoms with Crippen LogP contribution < -0.4 is 10.6 Å². The van der Waals surface area contributed by atoms with Gasteiger partial charge in [-0.05, 0) is 73.9 Å². The average Bonchev–Trinajstić information content (AvgIpc) is 2.76. The Hall–Kier alpha value is -2.95. The number of guanidine groups is 1. The number of nitrogens with zero attached hydrogens (tertiary/aromatic N) is 1. The fraction of sp³-hybridized carbons (Fsp3) is 0.615. The van der Waals surface area contributed by atoms with Gasteiger partial charge in [0.2, 0.25) is 5.96 Å². The van der Waals surface area contributed by atoms with Gasteiger partial charge < -0.3 is 28.6 Å². The van der Waals surface area contributed by atoms with Gasteiger partial charge in [-0.1, -0.05) is 18.2 Å². The summed E-state index contributed by atoms with van der Waals surface area (Å²) in [6.45, 7) is 15.3. The molecule has 0 fully saturated rings. The lowest BCUT2D eigenvalue weighted by Crippen LogP contribution is -2.41. The van der Waals surface area contributed by atoms with Gasteiger partial charge in [-0.15, -0.1) is 4.99 Å². The molecule has 1 rings (SSSR count). The number of para-hydroxylation sites is 1. The lowest BCUT2D eigenvalue weighted by atomic mass is 9.99. The number of alkyl carbamates (subject to hydrolysis) is 1. The van der Waals surface area contributed by atoms with Crippen LogP contribution in [0.15, 0.2) is 29.3 Å². The first-order valence-electron chi connectivity index (χ1n) is 12.7. The highest BCUT2D eigenvalue weighted by Crippen LogP contribution is 2.52. The van der Waals surface area contributed by atoms with E-state index < -0.39 is 42.9 Å². The second-order valence-electron chi connectivity index (χ2n) is 10.2. The minimum absolute atomic E-state index is 0.0874. The SMILES string of the molecule is CCOC(=O)C(CP(=O)(OCC)OCC)c1ccccc1NC(=NC(=O)OC(C)(C)C)NC(=O)OC(C)(C)C. The Bertz CT molecular complexity index is 1050. The Balaban J connectivity index is 3.54. The van der Waals surface area contributed by atoms with E-state index in [-0.39, 0.29) is 37.6 Å². The number of anilines is 1. The molecule has 0 aliphatic carbocycles. The standard InChI is InChI=1S/C26H42N3O9P/c1-10-34-21(30)19(17-39(33,35-11-2)36-12-3)18-15-13-14-16-20(18)27-22(28-23(31)37-25(4,5)6)29-24(32)38-26(7,8)9/h13-16,19H,10-12,17H2,1-9H3,(H2,27,28,29,31,32). The molecule has 1 aromatic rings. The third-order valence-corrected chi connectivity index (χ3v) is 6.55. The monoisotopic (exact) mass is 571 g/mol. The summed E-state index contributed by atoms with van der Waals surface area (Å²) in [5.41, 5.74) is -1.05. The number of amides is 2. The van der Waals surface area contributed by atoms with Crippen LogP contribution in [-0.4, -0.2) is 61.3 Å². The average molecular weight is 572 g/mol. The molecule has 0 saturated heterocycles. The predicted octanol–water partition coefficient (Wildman–Crippen LogP) is 5.83. The molecule has 0 aliphatic heterocycles. The van der Waals surface area contributed by atoms with Crippen LogP contribution in [0.25, 0.3) is 0 Å². The molecule has 1 atom stereocenters. The third kappa shape index (κ3) is 13.1. The van der Waals surface area contributed by atoms with Crippen molar-refractivity contribution >= 4 is 37.4 Å². The fourth-order valence-corrected chi connectivity index (χ4v) is 5.07. The van der Waals surface area contributed by atoms with Gasteiger partial charge in [-0.3, -0.25) is 14.7 Å². The van der Waals surface area contributed by atoms with Crippen LogP contribution in [0, 0.1) is 0 Å². The highest BCUT2D eigenvalue weighted by atomic mass is 31.2. The van der Waals surface area contributed by atoms with Crippen LogP contribution in [0.4, 0.5) is 15.3 Å². The zero-order valence-corrected chi connectivity index (χ0v) is 25.2. The molecule has 0 radical (unpaired) electrons. The highest BCUT2D eigenvalue weighted by molar-refractivity contribution is 7.53. The summed E-state index contributed by atoms with van der Waals surface area (Å²) < 4.78 is 40.0. The van der Waals surface area contributed by atoms with E-state index >= 15 is 0 Å². The van der Waals surface area contributed by atoms with Crippen LogP contribution in [0.1, 0.15) is 73.8 Å². The first-order valence-corrected chi connectivity index (χ1v) is 14.5. The Morgan fingerprint density at radius 2 is 1.46 bits per heavy atom. The van der Waals surface area contributed by atoms with E-state index in [2.05, 4.69) is 15.6 Å². The number of benzene rings is 1. The smallest absolute Gasteiger partial charge is 0.437 e. The molecule has 13 heteroatoms. The van der Waals surface area contributed by atoms with Gasteiger partial charge in [0.25, 0.3) is 0 Å². The highest BCUT2D eigenvalue weighted by Gasteiger charge is 2.36. The summed E-state index contributed by atoms with van der Waals surface area (Å²) in [6, 6.07) is 6.54. The van der Waals surface area contributed by atoms with Crippen molar-refractivity contribution in [2.75, 3.05) is 31.3 Å². The topological polar surface area (TPSA) is 151 Å². The Morgan fingerprint density at radius 1 is 0.897 bits per heavy atom. The van der Waals surface area contributed by atoms with Crippen molar-refractivity contribution in [3.8, 4) is 0 Å². The predicted molar refractivity (Wildman–Crippen MR) is 148 cm³/mol. The number of hydrogen-bond donors (Lipinski definition) is 2. The normalized spacial score (nSPS) is 13.3. The summed E-state index contributed by atoms with van der Waals surface area (Å²) in [6.07, 6.45) is -2.16. The van der Waals surface area contributed by atoms with Crippen molar-refractivity contribution in [3.63, 3.8) is 0 Å². The van der Waals surface area contributed by atoms with Gasteiger partial charge in [0, 0.05) is 5.69 Å². The van der Waals surface area contributed by atoms with Crippen molar-refractivity contribution in [1.82, 2.24) is 5.32 Å². The Labute approximate surface area is 230 Å². The van der Waals surface area contributed by atoms with Gasteiger partial charge in [0.15, 0.2) is 0 Å². The molecule has 1 aromatic carbocycles. The second kappa shape index (κ2) is 15.0. The van der Waals surface area contributed by atoms with E-state index in [1.165, 1.54) is 0 Å². The Morgan fingerprint density at radius 3 is 1.97 bits per heavy atom. The summed E-state index contributed by atoms with van der Waals surface area (Å²) in [7, 11) is -3.69. The number of nitrogens with one attached hydrogen (secondary N) is 2. The van der Waals surface area contributed by atoms with Gasteiger partial charge >= 0.3 is 25.8 Å². The maximum absolute atomic E-state index is 13.4. The molecule has 2 amide bonds. The first kappa shape index (κ1) is 34.1. The van der Waals surface area contributed by atoms with Crippen LogP contribution in [0.5, 0.6) is 0 Å². The summed E-state index contributed by atoms with van der Waals surface area (Å²) in [4.78, 5) is 41.9. The Kier molecular flexibility index (Phi) is 13.1. The molecule has 0 aromatic heterocycles. The molecular formula is C26H42N3O9P. The van der Waals surface area contributed by atoms with Crippen molar-refractivity contribution < 1.29 is 42.2 Å². The van der Waals surface area contributed by atoms with E-state index in [0.29, 0.717) is 5.56 Å². The third-order valence-electron chi connectivity index (χ3n) is 4.43. The molecule has 0 spiro atoms. The van der Waals surface area contributed by atoms with E-state index in [1.54, 1.807) is 86.6 Å². The number of carbonyl (C=O) groups excluding carboxylic acids is 3. The maximum atomic E-state index is 13.4. The number of esters is 1. The maximum Gasteiger partial charge on any atom is 0.437 e.